The van der Waals surface area contributed by atoms with Crippen molar-refractivity contribution in [2.45, 2.75) is 69.8 Å². The number of nitrogens with one attached hydrogen (secondary N) is 2. The summed E-state index contributed by atoms with van der Waals surface area (Å²) in [6.07, 6.45) is 2.15. The minimum Gasteiger partial charge on any atom is -0.352 e. The molecule has 0 bridgehead atoms. The molecule has 0 aromatic heterocycles. The van der Waals surface area contributed by atoms with Crippen molar-refractivity contribution in [3.8, 4) is 0 Å². The highest BCUT2D eigenvalue weighted by Gasteiger charge is 2.36. The zero-order valence-electron chi connectivity index (χ0n) is 19.7. The molecule has 1 saturated heterocycles. The average molecular weight is 488 g/mol. The number of carbonyl (C=O) groups excluding carboxylic acids is 2. The highest BCUT2D eigenvalue weighted by molar-refractivity contribution is 5.81. The molecular formula is C27H32F3N3O2. The molecule has 2 N–H and O–H groups in total. The summed E-state index contributed by atoms with van der Waals surface area (Å²) in [5, 5.41) is 5.95. The van der Waals surface area contributed by atoms with E-state index < -0.39 is 17.7 Å². The van der Waals surface area contributed by atoms with Crippen LogP contribution in [-0.4, -0.2) is 29.4 Å². The second-order valence-electron chi connectivity index (χ2n) is 9.55. The highest BCUT2D eigenvalue weighted by atomic mass is 19.4. The van der Waals surface area contributed by atoms with Gasteiger partial charge in [-0.2, -0.15) is 13.2 Å². The standard InChI is InChI=1S/C27H32F3N3O2/c28-27(29,30)22-11-7-8-19(16-22)17-31-25(34)21-14-15-24(20-9-3-1-4-10-20)33(18-21)26(35)32-23-12-5-2-6-13-23/h1,3-4,7-11,16,21,23-24H,2,5-6,12-15,17-18H2,(H,31,34)(H,32,35). The van der Waals surface area contributed by atoms with Crippen molar-refractivity contribution in [1.82, 2.24) is 15.5 Å². The number of amides is 3. The summed E-state index contributed by atoms with van der Waals surface area (Å²) in [7, 11) is 0. The van der Waals surface area contributed by atoms with E-state index in [1.165, 1.54) is 12.5 Å². The number of likely N-dealkylation sites (tertiary alicyclic amines) is 1. The molecule has 1 aliphatic heterocycles. The van der Waals surface area contributed by atoms with E-state index in [9.17, 15) is 22.8 Å². The predicted octanol–water partition coefficient (Wildman–Crippen LogP) is 5.82. The van der Waals surface area contributed by atoms with Crippen LogP contribution in [-0.2, 0) is 17.5 Å². The Morgan fingerprint density at radius 1 is 0.914 bits per heavy atom. The minimum atomic E-state index is -4.43. The monoisotopic (exact) mass is 487 g/mol. The largest absolute Gasteiger partial charge is 0.416 e. The molecule has 8 heteroatoms. The number of halogens is 3. The Morgan fingerprint density at radius 3 is 2.37 bits per heavy atom. The maximum Gasteiger partial charge on any atom is 0.416 e. The molecule has 2 unspecified atom stereocenters. The summed E-state index contributed by atoms with van der Waals surface area (Å²) >= 11 is 0. The first-order valence-corrected chi connectivity index (χ1v) is 12.4. The number of urea groups is 1. The molecule has 2 aliphatic rings. The van der Waals surface area contributed by atoms with Crippen LogP contribution in [0, 0.1) is 5.92 Å². The Morgan fingerprint density at radius 2 is 1.66 bits per heavy atom. The van der Waals surface area contributed by atoms with E-state index in [4.69, 9.17) is 0 Å². The van der Waals surface area contributed by atoms with Gasteiger partial charge in [-0.25, -0.2) is 4.79 Å². The fourth-order valence-corrected chi connectivity index (χ4v) is 5.13. The SMILES string of the molecule is O=C(NCc1cccc(C(F)(F)F)c1)C1CCC(c2ccccc2)N(C(=O)NC2CCCCC2)C1. The molecule has 2 atom stereocenters. The smallest absolute Gasteiger partial charge is 0.352 e. The Kier molecular flexibility index (Phi) is 7.98. The molecule has 4 rings (SSSR count). The van der Waals surface area contributed by atoms with Gasteiger partial charge >= 0.3 is 12.2 Å². The molecule has 2 fully saturated rings. The summed E-state index contributed by atoms with van der Waals surface area (Å²) in [5.74, 6) is -0.665. The van der Waals surface area contributed by atoms with Gasteiger partial charge in [-0.15, -0.1) is 0 Å². The lowest BCUT2D eigenvalue weighted by molar-refractivity contribution is -0.137. The molecule has 2 aromatic rings. The van der Waals surface area contributed by atoms with Crippen LogP contribution in [0.1, 0.15) is 67.7 Å². The molecule has 1 aliphatic carbocycles. The van der Waals surface area contributed by atoms with Crippen LogP contribution in [0.4, 0.5) is 18.0 Å². The van der Waals surface area contributed by atoms with Crippen molar-refractivity contribution in [2.75, 3.05) is 6.54 Å². The first-order valence-electron chi connectivity index (χ1n) is 12.4. The van der Waals surface area contributed by atoms with Gasteiger partial charge in [-0.3, -0.25) is 4.79 Å². The molecule has 0 spiro atoms. The van der Waals surface area contributed by atoms with E-state index >= 15 is 0 Å². The van der Waals surface area contributed by atoms with Crippen molar-refractivity contribution in [3.05, 3.63) is 71.3 Å². The predicted molar refractivity (Wildman–Crippen MR) is 127 cm³/mol. The van der Waals surface area contributed by atoms with Crippen molar-refractivity contribution in [3.63, 3.8) is 0 Å². The minimum absolute atomic E-state index is 0.00956. The topological polar surface area (TPSA) is 61.4 Å². The maximum atomic E-state index is 13.3. The van der Waals surface area contributed by atoms with Crippen LogP contribution in [0.25, 0.3) is 0 Å². The van der Waals surface area contributed by atoms with Crippen LogP contribution in [0.3, 0.4) is 0 Å². The zero-order chi connectivity index (χ0) is 24.8. The number of alkyl halides is 3. The normalized spacial score (nSPS) is 21.4. The van der Waals surface area contributed by atoms with Crippen LogP contribution in [0.2, 0.25) is 0 Å². The fourth-order valence-electron chi connectivity index (χ4n) is 5.13. The fraction of sp³-hybridized carbons (Fsp3) is 0.481. The van der Waals surface area contributed by atoms with Gasteiger partial charge in [0.05, 0.1) is 17.5 Å². The zero-order valence-corrected chi connectivity index (χ0v) is 19.7. The van der Waals surface area contributed by atoms with Crippen molar-refractivity contribution in [1.29, 1.82) is 0 Å². The van der Waals surface area contributed by atoms with Crippen LogP contribution in [0.15, 0.2) is 54.6 Å². The highest BCUT2D eigenvalue weighted by Crippen LogP contribution is 2.34. The summed E-state index contributed by atoms with van der Waals surface area (Å²) in [4.78, 5) is 28.0. The van der Waals surface area contributed by atoms with E-state index in [1.807, 2.05) is 30.3 Å². The van der Waals surface area contributed by atoms with Crippen molar-refractivity contribution in [2.24, 2.45) is 5.92 Å². The number of rotatable bonds is 5. The van der Waals surface area contributed by atoms with Gasteiger partial charge in [0.15, 0.2) is 0 Å². The van der Waals surface area contributed by atoms with Crippen molar-refractivity contribution < 1.29 is 22.8 Å². The average Bonchev–Trinajstić information content (AvgIpc) is 2.87. The Bertz CT molecular complexity index is 1010. The Labute approximate surface area is 204 Å². The number of hydrogen-bond acceptors (Lipinski definition) is 2. The van der Waals surface area contributed by atoms with Crippen LogP contribution < -0.4 is 10.6 Å². The molecule has 1 heterocycles. The summed E-state index contributed by atoms with van der Waals surface area (Å²) in [5.41, 5.74) is 0.685. The Hall–Kier alpha value is -3.03. The maximum absolute atomic E-state index is 13.3. The molecule has 188 valence electrons. The van der Waals surface area contributed by atoms with Gasteiger partial charge in [0, 0.05) is 19.1 Å². The first kappa shape index (κ1) is 25.1. The third kappa shape index (κ3) is 6.55. The van der Waals surface area contributed by atoms with Gasteiger partial charge < -0.3 is 15.5 Å². The van der Waals surface area contributed by atoms with Crippen LogP contribution in [0.5, 0.6) is 0 Å². The van der Waals surface area contributed by atoms with E-state index in [0.717, 1.165) is 43.4 Å². The van der Waals surface area contributed by atoms with Gasteiger partial charge in [-0.1, -0.05) is 61.7 Å². The number of benzene rings is 2. The molecule has 3 amide bonds. The van der Waals surface area contributed by atoms with Gasteiger partial charge in [0.2, 0.25) is 5.91 Å². The van der Waals surface area contributed by atoms with Crippen LogP contribution >= 0.6 is 0 Å². The van der Waals surface area contributed by atoms with E-state index in [0.29, 0.717) is 18.4 Å². The quantitative estimate of drug-likeness (QED) is 0.559. The van der Waals surface area contributed by atoms with Crippen molar-refractivity contribution >= 4 is 11.9 Å². The Balaban J connectivity index is 1.42. The molecule has 2 aromatic carbocycles. The van der Waals surface area contributed by atoms with Gasteiger partial charge in [-0.05, 0) is 48.9 Å². The van der Waals surface area contributed by atoms with Gasteiger partial charge in [0.25, 0.3) is 0 Å². The third-order valence-electron chi connectivity index (χ3n) is 7.05. The molecule has 35 heavy (non-hydrogen) atoms. The number of carbonyl (C=O) groups is 2. The third-order valence-corrected chi connectivity index (χ3v) is 7.05. The molecular weight excluding hydrogens is 455 g/mol. The number of hydrogen-bond donors (Lipinski definition) is 2. The molecule has 5 nitrogen and oxygen atoms in total. The molecule has 0 radical (unpaired) electrons. The lowest BCUT2D eigenvalue weighted by Crippen LogP contribution is -2.52. The number of nitrogens with zero attached hydrogens (tertiary/aromatic N) is 1. The second kappa shape index (κ2) is 11.1. The lowest BCUT2D eigenvalue weighted by atomic mass is 9.88. The summed E-state index contributed by atoms with van der Waals surface area (Å²) in [6.45, 7) is 0.280. The molecule has 1 saturated carbocycles. The number of piperidine rings is 1. The summed E-state index contributed by atoms with van der Waals surface area (Å²) in [6, 6.07) is 14.7. The van der Waals surface area contributed by atoms with E-state index in [-0.39, 0.29) is 37.1 Å². The lowest BCUT2D eigenvalue weighted by Gasteiger charge is -2.40. The van der Waals surface area contributed by atoms with E-state index in [2.05, 4.69) is 10.6 Å². The van der Waals surface area contributed by atoms with Gasteiger partial charge in [0.1, 0.15) is 0 Å². The second-order valence-corrected chi connectivity index (χ2v) is 9.55. The summed E-state index contributed by atoms with van der Waals surface area (Å²) < 4.78 is 39.0. The first-order chi connectivity index (χ1) is 16.8. The van der Waals surface area contributed by atoms with E-state index in [1.54, 1.807) is 11.0 Å².